The SMILES string of the molecule is C=CCOc1ccc(C2C(C(=O)OCCOC)=C(C)N=C3SCCC(=O)N32)cc1OC. The van der Waals surface area contributed by atoms with E-state index in [0.29, 0.717) is 52.3 Å². The minimum atomic E-state index is -0.676. The first-order chi connectivity index (χ1) is 15.0. The monoisotopic (exact) mass is 446 g/mol. The molecule has 3 rings (SSSR count). The highest BCUT2D eigenvalue weighted by molar-refractivity contribution is 8.14. The Morgan fingerprint density at radius 1 is 1.32 bits per heavy atom. The summed E-state index contributed by atoms with van der Waals surface area (Å²) in [6.07, 6.45) is 2.00. The van der Waals surface area contributed by atoms with E-state index in [4.69, 9.17) is 18.9 Å². The van der Waals surface area contributed by atoms with Gasteiger partial charge in [-0.15, -0.1) is 0 Å². The zero-order chi connectivity index (χ0) is 22.4. The van der Waals surface area contributed by atoms with Crippen LogP contribution in [0.1, 0.15) is 24.9 Å². The first-order valence-corrected chi connectivity index (χ1v) is 10.8. The number of hydrogen-bond donors (Lipinski definition) is 0. The van der Waals surface area contributed by atoms with Crippen LogP contribution in [0.3, 0.4) is 0 Å². The summed E-state index contributed by atoms with van der Waals surface area (Å²) in [6, 6.07) is 4.67. The van der Waals surface area contributed by atoms with E-state index in [1.165, 1.54) is 26.0 Å². The van der Waals surface area contributed by atoms with Crippen molar-refractivity contribution in [2.45, 2.75) is 19.4 Å². The topological polar surface area (TPSA) is 86.7 Å². The van der Waals surface area contributed by atoms with Crippen molar-refractivity contribution in [2.24, 2.45) is 4.99 Å². The molecule has 1 aromatic carbocycles. The number of aliphatic imine (C=N–C) groups is 1. The molecule has 1 saturated heterocycles. The van der Waals surface area contributed by atoms with Crippen LogP contribution < -0.4 is 9.47 Å². The van der Waals surface area contributed by atoms with E-state index in [0.717, 1.165) is 0 Å². The molecule has 1 amide bonds. The van der Waals surface area contributed by atoms with Crippen molar-refractivity contribution in [1.29, 1.82) is 0 Å². The second-order valence-electron chi connectivity index (χ2n) is 6.80. The van der Waals surface area contributed by atoms with E-state index in [1.807, 2.05) is 6.07 Å². The van der Waals surface area contributed by atoms with E-state index >= 15 is 0 Å². The van der Waals surface area contributed by atoms with Crippen LogP contribution in [0, 0.1) is 0 Å². The Morgan fingerprint density at radius 2 is 2.13 bits per heavy atom. The van der Waals surface area contributed by atoms with Gasteiger partial charge < -0.3 is 18.9 Å². The molecule has 1 atom stereocenters. The molecular formula is C22H26N2O6S. The van der Waals surface area contributed by atoms with Gasteiger partial charge in [0.05, 0.1) is 31.0 Å². The van der Waals surface area contributed by atoms with Crippen LogP contribution in [0.15, 0.2) is 47.1 Å². The predicted molar refractivity (Wildman–Crippen MR) is 118 cm³/mol. The maximum Gasteiger partial charge on any atom is 0.338 e. The highest BCUT2D eigenvalue weighted by Crippen LogP contribution is 2.42. The molecule has 0 bridgehead atoms. The lowest BCUT2D eigenvalue weighted by atomic mass is 9.94. The number of rotatable bonds is 9. The molecule has 9 heteroatoms. The number of hydrogen-bond acceptors (Lipinski definition) is 8. The Bertz CT molecular complexity index is 927. The summed E-state index contributed by atoms with van der Waals surface area (Å²) in [6.45, 7) is 6.12. The van der Waals surface area contributed by atoms with Crippen molar-refractivity contribution in [3.8, 4) is 11.5 Å². The lowest BCUT2D eigenvalue weighted by Gasteiger charge is -2.39. The molecule has 31 heavy (non-hydrogen) atoms. The quantitative estimate of drug-likeness (QED) is 0.327. The molecule has 0 spiro atoms. The Hall–Kier alpha value is -2.78. The van der Waals surface area contributed by atoms with Gasteiger partial charge in [0.15, 0.2) is 16.7 Å². The normalized spacial score (nSPS) is 18.3. The van der Waals surface area contributed by atoms with Crippen molar-refractivity contribution in [1.82, 2.24) is 4.90 Å². The van der Waals surface area contributed by atoms with Crippen molar-refractivity contribution in [3.05, 3.63) is 47.7 Å². The number of allylic oxidation sites excluding steroid dienone is 1. The number of fused-ring (bicyclic) bond motifs is 1. The van der Waals surface area contributed by atoms with Gasteiger partial charge in [-0.3, -0.25) is 9.69 Å². The van der Waals surface area contributed by atoms with E-state index in [2.05, 4.69) is 11.6 Å². The van der Waals surface area contributed by atoms with Crippen LogP contribution in [-0.2, 0) is 19.1 Å². The van der Waals surface area contributed by atoms with Gasteiger partial charge in [-0.1, -0.05) is 30.5 Å². The summed E-state index contributed by atoms with van der Waals surface area (Å²) < 4.78 is 21.5. The van der Waals surface area contributed by atoms with Crippen molar-refractivity contribution >= 4 is 28.8 Å². The smallest absolute Gasteiger partial charge is 0.338 e. The molecule has 1 unspecified atom stereocenters. The third-order valence-electron chi connectivity index (χ3n) is 4.81. The van der Waals surface area contributed by atoms with Crippen molar-refractivity contribution < 1.29 is 28.5 Å². The molecular weight excluding hydrogens is 420 g/mol. The summed E-state index contributed by atoms with van der Waals surface area (Å²) >= 11 is 1.49. The summed E-state index contributed by atoms with van der Waals surface area (Å²) in [5.74, 6) is 1.06. The molecule has 2 aliphatic heterocycles. The minimum absolute atomic E-state index is 0.0943. The standard InChI is InChI=1S/C22H26N2O6S/c1-5-9-29-16-7-6-15(13-17(16)28-4)20-19(21(26)30-11-10-27-3)14(2)23-22-24(20)18(25)8-12-31-22/h5-7,13,20H,1,8-12H2,2-4H3. The molecule has 0 aliphatic carbocycles. The van der Waals surface area contributed by atoms with Crippen molar-refractivity contribution in [2.75, 3.05) is 39.8 Å². The maximum absolute atomic E-state index is 13.0. The number of benzene rings is 1. The lowest BCUT2D eigenvalue weighted by Crippen LogP contribution is -2.45. The molecule has 0 aromatic heterocycles. The van der Waals surface area contributed by atoms with Crippen LogP contribution in [0.4, 0.5) is 0 Å². The van der Waals surface area contributed by atoms with Crippen LogP contribution in [-0.4, -0.2) is 61.7 Å². The van der Waals surface area contributed by atoms with Gasteiger partial charge in [0.1, 0.15) is 13.2 Å². The fraction of sp³-hybridized carbons (Fsp3) is 0.409. The summed E-state index contributed by atoms with van der Waals surface area (Å²) in [7, 11) is 3.07. The number of esters is 1. The fourth-order valence-electron chi connectivity index (χ4n) is 3.39. The molecule has 0 saturated carbocycles. The largest absolute Gasteiger partial charge is 0.493 e. The molecule has 0 N–H and O–H groups in total. The summed E-state index contributed by atoms with van der Waals surface area (Å²) in [5.41, 5.74) is 1.54. The third kappa shape index (κ3) is 4.94. The number of nitrogens with zero attached hydrogens (tertiary/aromatic N) is 2. The second-order valence-corrected chi connectivity index (χ2v) is 7.86. The number of carbonyl (C=O) groups excluding carboxylic acids is 2. The van der Waals surface area contributed by atoms with Gasteiger partial charge in [0.25, 0.3) is 0 Å². The van der Waals surface area contributed by atoms with E-state index in [1.54, 1.807) is 30.0 Å². The highest BCUT2D eigenvalue weighted by atomic mass is 32.2. The molecule has 166 valence electrons. The summed E-state index contributed by atoms with van der Waals surface area (Å²) in [4.78, 5) is 32.0. The first-order valence-electron chi connectivity index (χ1n) is 9.83. The number of amidine groups is 1. The van der Waals surface area contributed by atoms with E-state index < -0.39 is 12.0 Å². The summed E-state index contributed by atoms with van der Waals surface area (Å²) in [5, 5.41) is 0.582. The average Bonchev–Trinajstić information content (AvgIpc) is 2.76. The average molecular weight is 447 g/mol. The Kier molecular flexibility index (Phi) is 7.75. The van der Waals surface area contributed by atoms with E-state index in [9.17, 15) is 9.59 Å². The number of amides is 1. The predicted octanol–water partition coefficient (Wildman–Crippen LogP) is 3.10. The molecule has 1 fully saturated rings. The fourth-order valence-corrected chi connectivity index (χ4v) is 4.40. The lowest BCUT2D eigenvalue weighted by molar-refractivity contribution is -0.141. The molecule has 0 radical (unpaired) electrons. The van der Waals surface area contributed by atoms with Crippen molar-refractivity contribution in [3.63, 3.8) is 0 Å². The zero-order valence-electron chi connectivity index (χ0n) is 17.9. The van der Waals surface area contributed by atoms with Gasteiger partial charge >= 0.3 is 5.97 Å². The third-order valence-corrected chi connectivity index (χ3v) is 5.76. The van der Waals surface area contributed by atoms with Gasteiger partial charge in [-0.25, -0.2) is 9.79 Å². The van der Waals surface area contributed by atoms with Gasteiger partial charge in [-0.05, 0) is 24.6 Å². The Morgan fingerprint density at radius 3 is 2.84 bits per heavy atom. The number of thioether (sulfide) groups is 1. The van der Waals surface area contributed by atoms with Gasteiger partial charge in [-0.2, -0.15) is 0 Å². The van der Waals surface area contributed by atoms with Crippen LogP contribution in [0.2, 0.25) is 0 Å². The van der Waals surface area contributed by atoms with Gasteiger partial charge in [0, 0.05) is 19.3 Å². The van der Waals surface area contributed by atoms with E-state index in [-0.39, 0.29) is 19.1 Å². The highest BCUT2D eigenvalue weighted by Gasteiger charge is 2.42. The zero-order valence-corrected chi connectivity index (χ0v) is 18.7. The maximum atomic E-state index is 13.0. The van der Waals surface area contributed by atoms with Crippen LogP contribution in [0.5, 0.6) is 11.5 Å². The molecule has 1 aromatic rings. The Balaban J connectivity index is 2.06. The Labute approximate surface area is 185 Å². The number of ether oxygens (including phenoxy) is 4. The molecule has 2 aliphatic rings. The first kappa shape index (κ1) is 22.9. The number of carbonyl (C=O) groups is 2. The van der Waals surface area contributed by atoms with Crippen LogP contribution >= 0.6 is 11.8 Å². The molecule has 2 heterocycles. The van der Waals surface area contributed by atoms with Gasteiger partial charge in [0.2, 0.25) is 5.91 Å². The number of methoxy groups -OCH3 is 2. The molecule has 8 nitrogen and oxygen atoms in total. The second kappa shape index (κ2) is 10.5. The minimum Gasteiger partial charge on any atom is -0.493 e. The van der Waals surface area contributed by atoms with Crippen LogP contribution in [0.25, 0.3) is 0 Å².